The van der Waals surface area contributed by atoms with Gasteiger partial charge in [-0.1, -0.05) is 12.1 Å². The molecule has 3 aromatic rings. The van der Waals surface area contributed by atoms with Gasteiger partial charge in [-0.3, -0.25) is 14.9 Å². The van der Waals surface area contributed by atoms with E-state index in [0.717, 1.165) is 0 Å². The SMILES string of the molecule is COc1ccc(-c2cc(NC(=O)c3cc([N+](=O)[O-])ccc3N(C)C)ccc2OC(F)F)cc1. The number of nitro groups is 1. The zero-order valence-electron chi connectivity index (χ0n) is 18.0. The van der Waals surface area contributed by atoms with Crippen molar-refractivity contribution >= 4 is 23.0 Å². The Morgan fingerprint density at radius 1 is 1.06 bits per heavy atom. The zero-order valence-corrected chi connectivity index (χ0v) is 18.0. The third-order valence-electron chi connectivity index (χ3n) is 4.77. The number of nitrogens with zero attached hydrogens (tertiary/aromatic N) is 2. The number of anilines is 2. The summed E-state index contributed by atoms with van der Waals surface area (Å²) < 4.78 is 35.6. The molecule has 0 atom stereocenters. The molecule has 10 heteroatoms. The Kier molecular flexibility index (Phi) is 7.07. The number of non-ortho nitro benzene ring substituents is 1. The lowest BCUT2D eigenvalue weighted by Crippen LogP contribution is -2.19. The number of benzene rings is 3. The van der Waals surface area contributed by atoms with E-state index in [-0.39, 0.29) is 17.0 Å². The van der Waals surface area contributed by atoms with Crippen LogP contribution in [0, 0.1) is 10.1 Å². The van der Waals surface area contributed by atoms with E-state index in [9.17, 15) is 23.7 Å². The van der Waals surface area contributed by atoms with Crippen LogP contribution >= 0.6 is 0 Å². The molecule has 0 radical (unpaired) electrons. The summed E-state index contributed by atoms with van der Waals surface area (Å²) in [7, 11) is 4.92. The Hall–Kier alpha value is -4.21. The second-order valence-corrected chi connectivity index (χ2v) is 7.13. The normalized spacial score (nSPS) is 10.6. The Morgan fingerprint density at radius 2 is 1.76 bits per heavy atom. The summed E-state index contributed by atoms with van der Waals surface area (Å²) in [5.41, 5.74) is 1.52. The lowest BCUT2D eigenvalue weighted by molar-refractivity contribution is -0.384. The van der Waals surface area contributed by atoms with Crippen LogP contribution in [0.15, 0.2) is 60.7 Å². The molecule has 1 amide bonds. The van der Waals surface area contributed by atoms with Gasteiger partial charge in [-0.05, 0) is 42.0 Å². The molecule has 0 heterocycles. The summed E-state index contributed by atoms with van der Waals surface area (Å²) in [6, 6.07) is 14.9. The van der Waals surface area contributed by atoms with Crippen LogP contribution in [0.5, 0.6) is 11.5 Å². The highest BCUT2D eigenvalue weighted by atomic mass is 19.3. The van der Waals surface area contributed by atoms with Gasteiger partial charge < -0.3 is 19.7 Å². The molecule has 0 spiro atoms. The molecule has 0 aliphatic carbocycles. The molecule has 0 bridgehead atoms. The molecule has 8 nitrogen and oxygen atoms in total. The maximum Gasteiger partial charge on any atom is 0.387 e. The number of hydrogen-bond donors (Lipinski definition) is 1. The number of carbonyl (C=O) groups is 1. The average molecular weight is 457 g/mol. The van der Waals surface area contributed by atoms with Crippen molar-refractivity contribution in [3.8, 4) is 22.6 Å². The van der Waals surface area contributed by atoms with Crippen LogP contribution in [0.4, 0.5) is 25.8 Å². The summed E-state index contributed by atoms with van der Waals surface area (Å²) in [6.45, 7) is -3.03. The first kappa shape index (κ1) is 23.5. The van der Waals surface area contributed by atoms with E-state index < -0.39 is 17.4 Å². The molecule has 0 fully saturated rings. The largest absolute Gasteiger partial charge is 0.497 e. The van der Waals surface area contributed by atoms with Gasteiger partial charge in [0.1, 0.15) is 11.5 Å². The summed E-state index contributed by atoms with van der Waals surface area (Å²) in [5, 5.41) is 13.8. The third kappa shape index (κ3) is 5.53. The van der Waals surface area contributed by atoms with Crippen LogP contribution in [0.1, 0.15) is 10.4 Å². The molecule has 0 aromatic heterocycles. The molecule has 1 N–H and O–H groups in total. The first-order valence-electron chi connectivity index (χ1n) is 9.70. The van der Waals surface area contributed by atoms with Crippen LogP contribution in [0.2, 0.25) is 0 Å². The Balaban J connectivity index is 1.99. The number of ether oxygens (including phenoxy) is 2. The lowest BCUT2D eigenvalue weighted by atomic mass is 10.0. The number of alkyl halides is 2. The smallest absolute Gasteiger partial charge is 0.387 e. The second-order valence-electron chi connectivity index (χ2n) is 7.13. The summed E-state index contributed by atoms with van der Waals surface area (Å²) in [5.74, 6) is -0.0791. The van der Waals surface area contributed by atoms with Gasteiger partial charge in [-0.15, -0.1) is 0 Å². The van der Waals surface area contributed by atoms with E-state index in [1.54, 1.807) is 43.3 Å². The van der Waals surface area contributed by atoms with Crippen molar-refractivity contribution in [1.29, 1.82) is 0 Å². The van der Waals surface area contributed by atoms with Crippen molar-refractivity contribution in [3.05, 3.63) is 76.3 Å². The Morgan fingerprint density at radius 3 is 2.33 bits per heavy atom. The highest BCUT2D eigenvalue weighted by molar-refractivity contribution is 6.08. The molecule has 0 saturated heterocycles. The van der Waals surface area contributed by atoms with E-state index in [2.05, 4.69) is 10.1 Å². The predicted molar refractivity (Wildman–Crippen MR) is 120 cm³/mol. The highest BCUT2D eigenvalue weighted by Gasteiger charge is 2.19. The quantitative estimate of drug-likeness (QED) is 0.370. The molecular formula is C23H21F2N3O5. The van der Waals surface area contributed by atoms with E-state index in [0.29, 0.717) is 28.3 Å². The van der Waals surface area contributed by atoms with E-state index >= 15 is 0 Å². The maximum atomic E-state index is 13.0. The molecule has 0 aliphatic heterocycles. The highest BCUT2D eigenvalue weighted by Crippen LogP contribution is 2.35. The van der Waals surface area contributed by atoms with Gasteiger partial charge in [-0.2, -0.15) is 8.78 Å². The molecule has 33 heavy (non-hydrogen) atoms. The topological polar surface area (TPSA) is 93.9 Å². The molecule has 3 rings (SSSR count). The van der Waals surface area contributed by atoms with Crippen molar-refractivity contribution < 1.29 is 28.0 Å². The summed E-state index contributed by atoms with van der Waals surface area (Å²) >= 11 is 0. The zero-order chi connectivity index (χ0) is 24.1. The fourth-order valence-electron chi connectivity index (χ4n) is 3.21. The Labute approximate surface area is 188 Å². The van der Waals surface area contributed by atoms with Gasteiger partial charge in [0.05, 0.1) is 17.6 Å². The van der Waals surface area contributed by atoms with Crippen molar-refractivity contribution in [2.24, 2.45) is 0 Å². The molecule has 0 aliphatic rings. The molecule has 0 unspecified atom stereocenters. The summed E-state index contributed by atoms with van der Waals surface area (Å²) in [6.07, 6.45) is 0. The monoisotopic (exact) mass is 457 g/mol. The van der Waals surface area contributed by atoms with Crippen LogP contribution in [-0.2, 0) is 0 Å². The van der Waals surface area contributed by atoms with Crippen LogP contribution < -0.4 is 19.7 Å². The van der Waals surface area contributed by atoms with Crippen molar-refractivity contribution in [1.82, 2.24) is 0 Å². The first-order chi connectivity index (χ1) is 15.7. The van der Waals surface area contributed by atoms with Crippen molar-refractivity contribution in [3.63, 3.8) is 0 Å². The first-order valence-corrected chi connectivity index (χ1v) is 9.70. The number of methoxy groups -OCH3 is 1. The van der Waals surface area contributed by atoms with Gasteiger partial charge in [0, 0.05) is 43.2 Å². The van der Waals surface area contributed by atoms with Crippen LogP contribution in [0.3, 0.4) is 0 Å². The number of hydrogen-bond acceptors (Lipinski definition) is 6. The van der Waals surface area contributed by atoms with Crippen LogP contribution in [0.25, 0.3) is 11.1 Å². The minimum atomic E-state index is -3.03. The summed E-state index contributed by atoms with van der Waals surface area (Å²) in [4.78, 5) is 25.2. The number of nitrogens with one attached hydrogen (secondary N) is 1. The van der Waals surface area contributed by atoms with Gasteiger partial charge in [-0.25, -0.2) is 0 Å². The molecule has 172 valence electrons. The van der Waals surface area contributed by atoms with Gasteiger partial charge in [0.25, 0.3) is 11.6 Å². The molecular weight excluding hydrogens is 436 g/mol. The second kappa shape index (κ2) is 9.94. The predicted octanol–water partition coefficient (Wildman–Crippen LogP) is 5.19. The van der Waals surface area contributed by atoms with E-state index in [1.165, 1.54) is 43.5 Å². The van der Waals surface area contributed by atoms with E-state index in [4.69, 9.17) is 4.74 Å². The fraction of sp³-hybridized carbons (Fsp3) is 0.174. The molecule has 3 aromatic carbocycles. The average Bonchev–Trinajstić information content (AvgIpc) is 2.79. The standard InChI is InChI=1S/C23H21F2N3O5/c1-27(2)20-10-7-16(28(30)31)13-19(20)22(29)26-15-6-11-21(33-23(24)25)18(12-15)14-4-8-17(32-3)9-5-14/h4-13,23H,1-3H3,(H,26,29). The number of carbonyl (C=O) groups excluding carboxylic acids is 1. The number of halogens is 2. The molecule has 0 saturated carbocycles. The van der Waals surface area contributed by atoms with Gasteiger partial charge in [0.2, 0.25) is 0 Å². The number of amides is 1. The van der Waals surface area contributed by atoms with Crippen molar-refractivity contribution in [2.75, 3.05) is 31.4 Å². The minimum absolute atomic E-state index is 0.0718. The van der Waals surface area contributed by atoms with Crippen molar-refractivity contribution in [2.45, 2.75) is 6.61 Å². The number of nitro benzene ring substituents is 1. The lowest BCUT2D eigenvalue weighted by Gasteiger charge is -2.18. The fourth-order valence-corrected chi connectivity index (χ4v) is 3.21. The third-order valence-corrected chi connectivity index (χ3v) is 4.77. The van der Waals surface area contributed by atoms with E-state index in [1.807, 2.05) is 0 Å². The van der Waals surface area contributed by atoms with Crippen LogP contribution in [-0.4, -0.2) is 38.6 Å². The minimum Gasteiger partial charge on any atom is -0.497 e. The Bertz CT molecular complexity index is 1170. The maximum absolute atomic E-state index is 13.0. The number of rotatable bonds is 8. The van der Waals surface area contributed by atoms with Gasteiger partial charge in [0.15, 0.2) is 0 Å². The van der Waals surface area contributed by atoms with Gasteiger partial charge >= 0.3 is 6.61 Å².